The van der Waals surface area contributed by atoms with E-state index in [2.05, 4.69) is 74.4 Å². The summed E-state index contributed by atoms with van der Waals surface area (Å²) in [7, 11) is 0. The lowest BCUT2D eigenvalue weighted by molar-refractivity contribution is -0.144. The molecule has 3 aliphatic rings. The molecule has 1 atom stereocenters. The van der Waals surface area contributed by atoms with Crippen molar-refractivity contribution in [1.29, 1.82) is 0 Å². The number of nitrogens with one attached hydrogen (secondary N) is 1. The van der Waals surface area contributed by atoms with Gasteiger partial charge in [-0.15, -0.1) is 0 Å². The molecular formula is C37H44N6O3. The van der Waals surface area contributed by atoms with Crippen molar-refractivity contribution in [3.63, 3.8) is 0 Å². The van der Waals surface area contributed by atoms with Gasteiger partial charge in [0.25, 0.3) is 0 Å². The van der Waals surface area contributed by atoms with Gasteiger partial charge in [-0.25, -0.2) is 4.98 Å². The highest BCUT2D eigenvalue weighted by molar-refractivity contribution is 5.91. The molecule has 4 aromatic rings. The second-order valence-electron chi connectivity index (χ2n) is 12.8. The van der Waals surface area contributed by atoms with Crippen molar-refractivity contribution in [3.05, 3.63) is 77.6 Å². The smallest absolute Gasteiger partial charge is 0.320 e. The first-order chi connectivity index (χ1) is 22.5. The van der Waals surface area contributed by atoms with Crippen molar-refractivity contribution in [2.45, 2.75) is 51.6 Å². The van der Waals surface area contributed by atoms with Crippen LogP contribution in [0.25, 0.3) is 22.0 Å². The molecule has 46 heavy (non-hydrogen) atoms. The summed E-state index contributed by atoms with van der Waals surface area (Å²) in [5, 5.41) is 14.3. The van der Waals surface area contributed by atoms with Crippen LogP contribution in [-0.2, 0) is 22.5 Å². The fraction of sp³-hybridized carbons (Fsp3) is 0.432. The maximum Gasteiger partial charge on any atom is 0.320 e. The predicted octanol–water partition coefficient (Wildman–Crippen LogP) is 5.87. The van der Waals surface area contributed by atoms with E-state index in [1.54, 1.807) is 0 Å². The van der Waals surface area contributed by atoms with Crippen LogP contribution in [-0.4, -0.2) is 89.4 Å². The lowest BCUT2D eigenvalue weighted by atomic mass is 9.93. The molecular weight excluding hydrogens is 576 g/mol. The second-order valence-corrected chi connectivity index (χ2v) is 12.8. The number of aliphatic carboxylic acids is 1. The van der Waals surface area contributed by atoms with E-state index in [0.717, 1.165) is 106 Å². The molecule has 2 aromatic heterocycles. The molecule has 0 bridgehead atoms. The quantitative estimate of drug-likeness (QED) is 0.226. The minimum absolute atomic E-state index is 0.427. The molecule has 0 radical (unpaired) electrons. The molecule has 1 unspecified atom stereocenters. The molecule has 0 spiro atoms. The lowest BCUT2D eigenvalue weighted by Crippen LogP contribution is -2.44. The van der Waals surface area contributed by atoms with E-state index >= 15 is 0 Å². The number of piperidine rings is 1. The molecule has 9 heteroatoms. The Kier molecular flexibility index (Phi) is 9.14. The molecule has 7 rings (SSSR count). The first-order valence-electron chi connectivity index (χ1n) is 16.8. The number of pyridine rings is 2. The van der Waals surface area contributed by atoms with E-state index in [1.807, 2.05) is 18.5 Å². The number of rotatable bonds is 10. The van der Waals surface area contributed by atoms with E-state index in [4.69, 9.17) is 9.72 Å². The molecule has 0 aliphatic carbocycles. The highest BCUT2D eigenvalue weighted by Crippen LogP contribution is 2.39. The average molecular weight is 621 g/mol. The first-order valence-corrected chi connectivity index (χ1v) is 16.8. The summed E-state index contributed by atoms with van der Waals surface area (Å²) in [5.41, 5.74) is 9.36. The number of nitrogens with zero attached hydrogens (tertiary/aromatic N) is 5. The van der Waals surface area contributed by atoms with E-state index in [9.17, 15) is 9.90 Å². The Morgan fingerprint density at radius 1 is 1.00 bits per heavy atom. The van der Waals surface area contributed by atoms with Gasteiger partial charge in [0.05, 0.1) is 13.2 Å². The summed E-state index contributed by atoms with van der Waals surface area (Å²) in [6.45, 7) is 10.6. The zero-order valence-electron chi connectivity index (χ0n) is 26.8. The van der Waals surface area contributed by atoms with Gasteiger partial charge in [-0.05, 0) is 91.2 Å². The van der Waals surface area contributed by atoms with Gasteiger partial charge in [0, 0.05) is 68.4 Å². The van der Waals surface area contributed by atoms with Gasteiger partial charge in [-0.3, -0.25) is 19.6 Å². The summed E-state index contributed by atoms with van der Waals surface area (Å²) in [6, 6.07) is 16.9. The third-order valence-electron chi connectivity index (χ3n) is 9.95. The molecule has 9 nitrogen and oxygen atoms in total. The van der Waals surface area contributed by atoms with Gasteiger partial charge in [0.1, 0.15) is 11.6 Å². The van der Waals surface area contributed by atoms with Crippen molar-refractivity contribution in [2.75, 3.05) is 62.7 Å². The highest BCUT2D eigenvalue weighted by Gasteiger charge is 2.28. The molecule has 2 N–H and O–H groups in total. The normalized spacial score (nSPS) is 19.0. The third-order valence-corrected chi connectivity index (χ3v) is 9.95. The zero-order valence-corrected chi connectivity index (χ0v) is 26.8. The molecule has 5 heterocycles. The zero-order chi connectivity index (χ0) is 31.5. The Hall–Kier alpha value is -4.05. The van der Waals surface area contributed by atoms with Gasteiger partial charge in [0.15, 0.2) is 5.82 Å². The fourth-order valence-corrected chi connectivity index (χ4v) is 7.46. The Labute approximate surface area is 271 Å². The van der Waals surface area contributed by atoms with Crippen LogP contribution in [0, 0.1) is 6.92 Å². The number of anilines is 3. The predicted molar refractivity (Wildman–Crippen MR) is 183 cm³/mol. The minimum atomic E-state index is -0.737. The summed E-state index contributed by atoms with van der Waals surface area (Å²) in [6.07, 6.45) is 8.59. The van der Waals surface area contributed by atoms with Crippen molar-refractivity contribution in [1.82, 2.24) is 19.8 Å². The summed E-state index contributed by atoms with van der Waals surface area (Å²) in [5.74, 6) is -0.0191. The molecule has 2 saturated heterocycles. The maximum absolute atomic E-state index is 11.8. The van der Waals surface area contributed by atoms with Crippen LogP contribution in [0.3, 0.4) is 0 Å². The van der Waals surface area contributed by atoms with Crippen molar-refractivity contribution in [2.24, 2.45) is 0 Å². The number of carbonyl (C=O) groups is 1. The van der Waals surface area contributed by atoms with E-state index < -0.39 is 12.0 Å². The van der Waals surface area contributed by atoms with Crippen LogP contribution >= 0.6 is 0 Å². The number of carboxylic acids is 1. The molecule has 2 aromatic carbocycles. The van der Waals surface area contributed by atoms with Crippen LogP contribution in [0.2, 0.25) is 0 Å². The molecule has 3 aliphatic heterocycles. The van der Waals surface area contributed by atoms with Gasteiger partial charge in [-0.1, -0.05) is 30.7 Å². The van der Waals surface area contributed by atoms with E-state index in [-0.39, 0.29) is 0 Å². The molecule has 240 valence electrons. The number of fused-ring (bicyclic) bond motifs is 2. The van der Waals surface area contributed by atoms with Gasteiger partial charge in [0.2, 0.25) is 0 Å². The molecule has 2 fully saturated rings. The topological polar surface area (TPSA) is 94.1 Å². The van der Waals surface area contributed by atoms with Crippen molar-refractivity contribution in [3.8, 4) is 11.1 Å². The van der Waals surface area contributed by atoms with Crippen LogP contribution in [0.1, 0.15) is 42.4 Å². The Balaban J connectivity index is 1.08. The number of morpholine rings is 1. The molecule has 0 amide bonds. The summed E-state index contributed by atoms with van der Waals surface area (Å²) >= 11 is 0. The average Bonchev–Trinajstić information content (AvgIpc) is 3.50. The number of benzene rings is 2. The van der Waals surface area contributed by atoms with Crippen molar-refractivity contribution < 1.29 is 14.6 Å². The number of hydrogen-bond acceptors (Lipinski definition) is 8. The van der Waals surface area contributed by atoms with Crippen LogP contribution in [0.4, 0.5) is 17.2 Å². The van der Waals surface area contributed by atoms with Crippen LogP contribution in [0.15, 0.2) is 60.9 Å². The molecule has 0 saturated carbocycles. The van der Waals surface area contributed by atoms with Gasteiger partial charge in [-0.2, -0.15) is 0 Å². The number of carboxylic acid groups (broad SMARTS) is 1. The van der Waals surface area contributed by atoms with E-state index in [1.165, 1.54) is 27.9 Å². The summed E-state index contributed by atoms with van der Waals surface area (Å²) < 4.78 is 5.51. The number of ether oxygens (including phenoxy) is 1. The largest absolute Gasteiger partial charge is 0.480 e. The fourth-order valence-electron chi connectivity index (χ4n) is 7.46. The van der Waals surface area contributed by atoms with Crippen molar-refractivity contribution >= 4 is 34.1 Å². The number of aromatic nitrogens is 2. The number of likely N-dealkylation sites (tertiary alicyclic amines) is 1. The highest BCUT2D eigenvalue weighted by atomic mass is 16.5. The van der Waals surface area contributed by atoms with Crippen LogP contribution < -0.4 is 10.2 Å². The third kappa shape index (κ3) is 6.45. The minimum Gasteiger partial charge on any atom is -0.480 e. The maximum atomic E-state index is 11.8. The summed E-state index contributed by atoms with van der Waals surface area (Å²) in [4.78, 5) is 28.4. The lowest BCUT2D eigenvalue weighted by Gasteiger charge is -2.32. The first kappa shape index (κ1) is 30.6. The Morgan fingerprint density at radius 3 is 2.72 bits per heavy atom. The second kappa shape index (κ2) is 13.7. The van der Waals surface area contributed by atoms with Gasteiger partial charge >= 0.3 is 5.97 Å². The Morgan fingerprint density at radius 2 is 1.85 bits per heavy atom. The Bertz CT molecular complexity index is 1700. The monoisotopic (exact) mass is 620 g/mol. The standard InChI is InChI=1S/C37H44N6O3/c1-26-29(30-8-5-11-33-31(30)13-18-42(33)17-6-15-41-19-21-46-22-20-41)7-4-9-32(26)40-36-35-28(12-14-38-36)23-27(24-39-35)25-43-16-3-2-10-34(43)37(44)45/h4-5,7-9,11-12,14,23-24,34H,2-3,6,10,13,15-22,25H2,1H3,(H,38,40)(H,44,45). The van der Waals surface area contributed by atoms with E-state index in [0.29, 0.717) is 13.0 Å². The van der Waals surface area contributed by atoms with Crippen LogP contribution in [0.5, 0.6) is 0 Å². The van der Waals surface area contributed by atoms with Gasteiger partial charge < -0.3 is 20.1 Å². The number of hydrogen-bond donors (Lipinski definition) is 2. The SMILES string of the molecule is Cc1c(Nc2nccc3cc(CN4CCCCC4C(=O)O)cnc23)cccc1-c1cccc2c1CCN2CCCN1CCOCC1.